The summed E-state index contributed by atoms with van der Waals surface area (Å²) in [6.07, 6.45) is 3.84. The van der Waals surface area contributed by atoms with Gasteiger partial charge in [-0.2, -0.15) is 0 Å². The minimum absolute atomic E-state index is 0.00129. The lowest BCUT2D eigenvalue weighted by Crippen LogP contribution is -2.41. The zero-order chi connectivity index (χ0) is 16.7. The summed E-state index contributed by atoms with van der Waals surface area (Å²) in [5.41, 5.74) is 7.78. The number of aryl methyl sites for hydroxylation is 1. The van der Waals surface area contributed by atoms with Gasteiger partial charge in [0.1, 0.15) is 0 Å². The zero-order valence-electron chi connectivity index (χ0n) is 13.5. The van der Waals surface area contributed by atoms with Gasteiger partial charge in [0.2, 0.25) is 11.8 Å². The third-order valence-electron chi connectivity index (χ3n) is 3.94. The number of nitrogens with one attached hydrogen (secondary N) is 2. The van der Waals surface area contributed by atoms with Crippen molar-refractivity contribution in [2.45, 2.75) is 44.7 Å². The fourth-order valence-corrected chi connectivity index (χ4v) is 3.23. The molecule has 2 amide bonds. The molecule has 0 unspecified atom stereocenters. The van der Waals surface area contributed by atoms with Crippen LogP contribution in [-0.4, -0.2) is 35.4 Å². The summed E-state index contributed by atoms with van der Waals surface area (Å²) in [6, 6.07) is 8.17. The van der Waals surface area contributed by atoms with Gasteiger partial charge in [-0.3, -0.25) is 9.59 Å². The van der Waals surface area contributed by atoms with Gasteiger partial charge in [-0.25, -0.2) is 0 Å². The number of hydrogen-bond donors (Lipinski definition) is 3. The summed E-state index contributed by atoms with van der Waals surface area (Å²) < 4.78 is 0. The summed E-state index contributed by atoms with van der Waals surface area (Å²) in [5.74, 6) is 0.495. The zero-order valence-corrected chi connectivity index (χ0v) is 14.3. The van der Waals surface area contributed by atoms with Crippen LogP contribution in [0, 0.1) is 6.92 Å². The van der Waals surface area contributed by atoms with Crippen LogP contribution in [0.25, 0.3) is 0 Å². The minimum Gasteiger partial charge on any atom is -0.353 e. The van der Waals surface area contributed by atoms with Crippen LogP contribution in [0.4, 0.5) is 5.69 Å². The number of nitrogens with two attached hydrogens (primary N) is 1. The van der Waals surface area contributed by atoms with E-state index in [1.807, 2.05) is 31.2 Å². The van der Waals surface area contributed by atoms with Gasteiger partial charge in [-0.05, 0) is 44.7 Å². The largest absolute Gasteiger partial charge is 0.353 e. The van der Waals surface area contributed by atoms with Gasteiger partial charge in [0.05, 0.1) is 11.5 Å². The molecule has 6 heteroatoms. The maximum absolute atomic E-state index is 11.9. The van der Waals surface area contributed by atoms with E-state index in [0.717, 1.165) is 36.9 Å². The Hall–Kier alpha value is -1.53. The maximum Gasteiger partial charge on any atom is 0.234 e. The molecule has 1 aliphatic carbocycles. The second kappa shape index (κ2) is 8.93. The van der Waals surface area contributed by atoms with E-state index in [1.54, 1.807) is 0 Å². The molecular weight excluding hydrogens is 310 g/mol. The molecule has 1 aromatic carbocycles. The molecule has 1 saturated carbocycles. The van der Waals surface area contributed by atoms with E-state index in [4.69, 9.17) is 5.73 Å². The normalized spacial score (nSPS) is 20.8. The monoisotopic (exact) mass is 335 g/mol. The predicted octanol–water partition coefficient (Wildman–Crippen LogP) is 2.05. The summed E-state index contributed by atoms with van der Waals surface area (Å²) in [5, 5.41) is 5.85. The summed E-state index contributed by atoms with van der Waals surface area (Å²) in [4.78, 5) is 23.7. The number of anilines is 1. The molecular formula is C17H25N3O2S. The van der Waals surface area contributed by atoms with Crippen LogP contribution in [0.3, 0.4) is 0 Å². The Bertz CT molecular complexity index is 525. The molecule has 1 aromatic rings. The Kier molecular flexibility index (Phi) is 6.92. The van der Waals surface area contributed by atoms with E-state index in [1.165, 1.54) is 11.8 Å². The molecule has 0 aliphatic heterocycles. The van der Waals surface area contributed by atoms with Crippen LogP contribution < -0.4 is 16.4 Å². The van der Waals surface area contributed by atoms with Crippen molar-refractivity contribution in [2.75, 3.05) is 16.8 Å². The van der Waals surface area contributed by atoms with E-state index in [9.17, 15) is 9.59 Å². The van der Waals surface area contributed by atoms with Crippen molar-refractivity contribution < 1.29 is 9.59 Å². The molecule has 0 aromatic heterocycles. The lowest BCUT2D eigenvalue weighted by atomic mass is 9.92. The number of carbonyl (C=O) groups is 2. The molecule has 4 N–H and O–H groups in total. The highest BCUT2D eigenvalue weighted by Crippen LogP contribution is 2.17. The Morgan fingerprint density at radius 2 is 1.70 bits per heavy atom. The molecule has 126 valence electrons. The quantitative estimate of drug-likeness (QED) is 0.743. The van der Waals surface area contributed by atoms with Gasteiger partial charge < -0.3 is 16.4 Å². The molecule has 0 radical (unpaired) electrons. The maximum atomic E-state index is 11.9. The van der Waals surface area contributed by atoms with Crippen LogP contribution in [0.2, 0.25) is 0 Å². The molecule has 1 fully saturated rings. The van der Waals surface area contributed by atoms with E-state index in [-0.39, 0.29) is 29.7 Å². The first-order valence-corrected chi connectivity index (χ1v) is 9.17. The number of rotatable bonds is 6. The molecule has 1 aliphatic rings. The topological polar surface area (TPSA) is 84.2 Å². The highest BCUT2D eigenvalue weighted by atomic mass is 32.2. The summed E-state index contributed by atoms with van der Waals surface area (Å²) >= 11 is 1.33. The smallest absolute Gasteiger partial charge is 0.234 e. The number of carbonyl (C=O) groups excluding carboxylic acids is 2. The van der Waals surface area contributed by atoms with Crippen LogP contribution in [-0.2, 0) is 9.59 Å². The molecule has 23 heavy (non-hydrogen) atoms. The number of benzene rings is 1. The Balaban J connectivity index is 1.61. The summed E-state index contributed by atoms with van der Waals surface area (Å²) in [6.45, 7) is 2.00. The van der Waals surface area contributed by atoms with Crippen molar-refractivity contribution in [3.05, 3.63) is 29.8 Å². The predicted molar refractivity (Wildman–Crippen MR) is 95.5 cm³/mol. The van der Waals surface area contributed by atoms with Crippen molar-refractivity contribution in [2.24, 2.45) is 5.73 Å². The minimum atomic E-state index is -0.0877. The van der Waals surface area contributed by atoms with E-state index in [2.05, 4.69) is 10.6 Å². The highest BCUT2D eigenvalue weighted by molar-refractivity contribution is 8.00. The average Bonchev–Trinajstić information content (AvgIpc) is 2.52. The first kappa shape index (κ1) is 17.8. The SMILES string of the molecule is Cc1ccc(NC(=O)CSCC(=O)NC2CCC(N)CC2)cc1. The molecule has 2 rings (SSSR count). The highest BCUT2D eigenvalue weighted by Gasteiger charge is 2.19. The molecule has 5 nitrogen and oxygen atoms in total. The van der Waals surface area contributed by atoms with Crippen LogP contribution in [0.1, 0.15) is 31.2 Å². The van der Waals surface area contributed by atoms with Gasteiger partial charge >= 0.3 is 0 Å². The van der Waals surface area contributed by atoms with Gasteiger partial charge in [-0.1, -0.05) is 17.7 Å². The van der Waals surface area contributed by atoms with E-state index in [0.29, 0.717) is 5.75 Å². The average molecular weight is 335 g/mol. The molecule has 0 saturated heterocycles. The van der Waals surface area contributed by atoms with Crippen LogP contribution in [0.15, 0.2) is 24.3 Å². The van der Waals surface area contributed by atoms with Crippen molar-refractivity contribution in [1.29, 1.82) is 0 Å². The number of amides is 2. The van der Waals surface area contributed by atoms with Crippen molar-refractivity contribution >= 4 is 29.3 Å². The second-order valence-corrected chi connectivity index (χ2v) is 7.07. The lowest BCUT2D eigenvalue weighted by Gasteiger charge is -2.26. The third kappa shape index (κ3) is 6.62. The van der Waals surface area contributed by atoms with E-state index >= 15 is 0 Å². The van der Waals surface area contributed by atoms with Crippen molar-refractivity contribution in [3.8, 4) is 0 Å². The fourth-order valence-electron chi connectivity index (χ4n) is 2.60. The van der Waals surface area contributed by atoms with Gasteiger partial charge in [0.15, 0.2) is 0 Å². The first-order chi connectivity index (χ1) is 11.0. The lowest BCUT2D eigenvalue weighted by molar-refractivity contribution is -0.119. The van der Waals surface area contributed by atoms with Gasteiger partial charge in [0, 0.05) is 17.8 Å². The molecule has 0 heterocycles. The fraction of sp³-hybridized carbons (Fsp3) is 0.529. The van der Waals surface area contributed by atoms with Crippen LogP contribution in [0.5, 0.6) is 0 Å². The molecule has 0 atom stereocenters. The second-order valence-electron chi connectivity index (χ2n) is 6.09. The van der Waals surface area contributed by atoms with Crippen molar-refractivity contribution in [1.82, 2.24) is 5.32 Å². The Morgan fingerprint density at radius 1 is 1.09 bits per heavy atom. The third-order valence-corrected chi connectivity index (χ3v) is 4.87. The Labute approximate surface area is 141 Å². The van der Waals surface area contributed by atoms with Crippen molar-refractivity contribution in [3.63, 3.8) is 0 Å². The van der Waals surface area contributed by atoms with E-state index < -0.39 is 0 Å². The number of hydrogen-bond acceptors (Lipinski definition) is 4. The standard InChI is InChI=1S/C17H25N3O2S/c1-12-2-6-14(7-3-12)19-16(21)10-23-11-17(22)20-15-8-4-13(18)5-9-15/h2-3,6-7,13,15H,4-5,8-11,18H2,1H3,(H,19,21)(H,20,22). The summed E-state index contributed by atoms with van der Waals surface area (Å²) in [7, 11) is 0. The first-order valence-electron chi connectivity index (χ1n) is 8.02. The van der Waals surface area contributed by atoms with Crippen LogP contribution >= 0.6 is 11.8 Å². The number of thioether (sulfide) groups is 1. The molecule has 0 bridgehead atoms. The van der Waals surface area contributed by atoms with Gasteiger partial charge in [-0.15, -0.1) is 11.8 Å². The molecule has 0 spiro atoms. The van der Waals surface area contributed by atoms with Gasteiger partial charge in [0.25, 0.3) is 0 Å². The Morgan fingerprint density at radius 3 is 2.35 bits per heavy atom.